The molecule has 0 aliphatic carbocycles. The third-order valence-corrected chi connectivity index (χ3v) is 5.61. The van der Waals surface area contributed by atoms with Crippen molar-refractivity contribution in [1.82, 2.24) is 15.1 Å². The first-order chi connectivity index (χ1) is 15.0. The molecule has 1 aliphatic rings. The molecule has 1 saturated heterocycles. The second-order valence-electron chi connectivity index (χ2n) is 7.86. The van der Waals surface area contributed by atoms with Crippen molar-refractivity contribution in [3.63, 3.8) is 0 Å². The van der Waals surface area contributed by atoms with Crippen molar-refractivity contribution in [2.24, 2.45) is 0 Å². The van der Waals surface area contributed by atoms with Crippen LogP contribution in [0.2, 0.25) is 0 Å². The molecule has 2 amide bonds. The number of nitrogens with zero attached hydrogens (tertiary/aromatic N) is 2. The average Bonchev–Trinajstić information content (AvgIpc) is 2.79. The largest absolute Gasteiger partial charge is 0.497 e. The lowest BCUT2D eigenvalue weighted by atomic mass is 10.1. The standard InChI is InChI=1S/C25H31N3O3/c1-19-6-4-5-7-22(19)18-27-14-16-28(17-15-27)25(30)20(2)26-24(29)13-10-21-8-11-23(31-3)12-9-21/h4-13,20H,14-18H2,1-3H3,(H,26,29)/b13-10+. The molecule has 0 aromatic heterocycles. The van der Waals surface area contributed by atoms with Gasteiger partial charge in [0, 0.05) is 38.8 Å². The molecule has 1 heterocycles. The van der Waals surface area contributed by atoms with E-state index >= 15 is 0 Å². The van der Waals surface area contributed by atoms with E-state index < -0.39 is 6.04 Å². The van der Waals surface area contributed by atoms with E-state index in [1.54, 1.807) is 20.1 Å². The van der Waals surface area contributed by atoms with Crippen molar-refractivity contribution in [2.75, 3.05) is 33.3 Å². The summed E-state index contributed by atoms with van der Waals surface area (Å²) in [5, 5.41) is 2.77. The van der Waals surface area contributed by atoms with E-state index in [0.29, 0.717) is 13.1 Å². The number of hydrogen-bond donors (Lipinski definition) is 1. The summed E-state index contributed by atoms with van der Waals surface area (Å²) in [5.74, 6) is 0.441. The maximum absolute atomic E-state index is 12.8. The molecule has 1 atom stereocenters. The monoisotopic (exact) mass is 421 g/mol. The molecule has 0 bridgehead atoms. The van der Waals surface area contributed by atoms with Crippen LogP contribution in [0.3, 0.4) is 0 Å². The summed E-state index contributed by atoms with van der Waals surface area (Å²) in [6, 6.07) is 15.3. The Morgan fingerprint density at radius 1 is 1.06 bits per heavy atom. The van der Waals surface area contributed by atoms with Crippen molar-refractivity contribution in [2.45, 2.75) is 26.4 Å². The Kier molecular flexibility index (Phi) is 7.84. The maximum atomic E-state index is 12.8. The molecule has 0 spiro atoms. The average molecular weight is 422 g/mol. The Bertz CT molecular complexity index is 916. The van der Waals surface area contributed by atoms with Crippen molar-refractivity contribution in [1.29, 1.82) is 0 Å². The number of rotatable bonds is 7. The van der Waals surface area contributed by atoms with Crippen LogP contribution >= 0.6 is 0 Å². The van der Waals surface area contributed by atoms with Crippen molar-refractivity contribution < 1.29 is 14.3 Å². The molecular weight excluding hydrogens is 390 g/mol. The first-order valence-electron chi connectivity index (χ1n) is 10.6. The first kappa shape index (κ1) is 22.6. The number of benzene rings is 2. The molecule has 2 aromatic carbocycles. The molecule has 6 nitrogen and oxygen atoms in total. The highest BCUT2D eigenvalue weighted by atomic mass is 16.5. The van der Waals surface area contributed by atoms with Crippen LogP contribution in [0.4, 0.5) is 0 Å². The van der Waals surface area contributed by atoms with E-state index in [1.807, 2.05) is 29.2 Å². The number of nitrogens with one attached hydrogen (secondary N) is 1. The number of ether oxygens (including phenoxy) is 1. The van der Waals surface area contributed by atoms with Crippen LogP contribution in [0.25, 0.3) is 6.08 Å². The molecule has 2 aromatic rings. The Labute approximate surface area is 184 Å². The molecule has 1 aliphatic heterocycles. The van der Waals surface area contributed by atoms with Crippen LogP contribution in [0.1, 0.15) is 23.6 Å². The minimum Gasteiger partial charge on any atom is -0.497 e. The second-order valence-corrected chi connectivity index (χ2v) is 7.86. The highest BCUT2D eigenvalue weighted by molar-refractivity contribution is 5.95. The molecule has 1 unspecified atom stereocenters. The van der Waals surface area contributed by atoms with Crippen molar-refractivity contribution >= 4 is 17.9 Å². The van der Waals surface area contributed by atoms with Gasteiger partial charge in [0.2, 0.25) is 11.8 Å². The third-order valence-electron chi connectivity index (χ3n) is 5.61. The summed E-state index contributed by atoms with van der Waals surface area (Å²) in [7, 11) is 1.61. The van der Waals surface area contributed by atoms with Gasteiger partial charge in [0.15, 0.2) is 0 Å². The minimum absolute atomic E-state index is 0.0401. The molecule has 0 saturated carbocycles. The van der Waals surface area contributed by atoms with Gasteiger partial charge in [-0.2, -0.15) is 0 Å². The summed E-state index contributed by atoms with van der Waals surface area (Å²) >= 11 is 0. The molecule has 1 fully saturated rings. The summed E-state index contributed by atoms with van der Waals surface area (Å²) in [6.07, 6.45) is 3.17. The quantitative estimate of drug-likeness (QED) is 0.699. The van der Waals surface area contributed by atoms with Crippen LogP contribution in [-0.4, -0.2) is 60.9 Å². The van der Waals surface area contributed by atoms with Crippen LogP contribution < -0.4 is 10.1 Å². The minimum atomic E-state index is -0.559. The summed E-state index contributed by atoms with van der Waals surface area (Å²) in [5.41, 5.74) is 3.51. The number of piperazine rings is 1. The summed E-state index contributed by atoms with van der Waals surface area (Å²) in [4.78, 5) is 29.2. The molecule has 1 N–H and O–H groups in total. The number of hydrogen-bond acceptors (Lipinski definition) is 4. The van der Waals surface area contributed by atoms with Gasteiger partial charge in [-0.25, -0.2) is 0 Å². The Morgan fingerprint density at radius 2 is 1.74 bits per heavy atom. The predicted octanol–water partition coefficient (Wildman–Crippen LogP) is 2.87. The van der Waals surface area contributed by atoms with Gasteiger partial charge >= 0.3 is 0 Å². The second kappa shape index (κ2) is 10.8. The SMILES string of the molecule is COc1ccc(/C=C/C(=O)NC(C)C(=O)N2CCN(Cc3ccccc3C)CC2)cc1. The Hall–Kier alpha value is -3.12. The fraction of sp³-hybridized carbons (Fsp3) is 0.360. The van der Waals surface area contributed by atoms with E-state index in [2.05, 4.69) is 41.4 Å². The van der Waals surface area contributed by atoms with Gasteiger partial charge in [-0.15, -0.1) is 0 Å². The molecular formula is C25H31N3O3. The predicted molar refractivity (Wildman–Crippen MR) is 123 cm³/mol. The highest BCUT2D eigenvalue weighted by Crippen LogP contribution is 2.14. The van der Waals surface area contributed by atoms with E-state index in [9.17, 15) is 9.59 Å². The van der Waals surface area contributed by atoms with Gasteiger partial charge in [0.05, 0.1) is 7.11 Å². The topological polar surface area (TPSA) is 61.9 Å². The fourth-order valence-corrected chi connectivity index (χ4v) is 3.64. The normalized spacial score (nSPS) is 15.6. The zero-order valence-corrected chi connectivity index (χ0v) is 18.5. The lowest BCUT2D eigenvalue weighted by Gasteiger charge is -2.36. The van der Waals surface area contributed by atoms with Gasteiger partial charge in [-0.1, -0.05) is 36.4 Å². The van der Waals surface area contributed by atoms with Crippen LogP contribution in [0, 0.1) is 6.92 Å². The number of carbonyl (C=O) groups excluding carboxylic acids is 2. The molecule has 3 rings (SSSR count). The first-order valence-corrected chi connectivity index (χ1v) is 10.6. The number of amides is 2. The van der Waals surface area contributed by atoms with E-state index in [-0.39, 0.29) is 11.8 Å². The number of carbonyl (C=O) groups is 2. The van der Waals surface area contributed by atoms with Crippen molar-refractivity contribution in [3.05, 3.63) is 71.3 Å². The molecule has 6 heteroatoms. The van der Waals surface area contributed by atoms with Gasteiger partial charge in [-0.3, -0.25) is 14.5 Å². The summed E-state index contributed by atoms with van der Waals surface area (Å²) < 4.78 is 5.12. The van der Waals surface area contributed by atoms with Crippen LogP contribution in [-0.2, 0) is 16.1 Å². The van der Waals surface area contributed by atoms with E-state index in [1.165, 1.54) is 17.2 Å². The van der Waals surface area contributed by atoms with Gasteiger partial charge in [0.25, 0.3) is 0 Å². The van der Waals surface area contributed by atoms with Crippen LogP contribution in [0.15, 0.2) is 54.6 Å². The zero-order valence-electron chi connectivity index (χ0n) is 18.5. The van der Waals surface area contributed by atoms with Gasteiger partial charge in [-0.05, 0) is 48.7 Å². The molecule has 164 valence electrons. The van der Waals surface area contributed by atoms with Gasteiger partial charge < -0.3 is 15.0 Å². The molecule has 31 heavy (non-hydrogen) atoms. The zero-order chi connectivity index (χ0) is 22.2. The lowest BCUT2D eigenvalue weighted by Crippen LogP contribution is -2.53. The fourth-order valence-electron chi connectivity index (χ4n) is 3.64. The Balaban J connectivity index is 1.45. The van der Waals surface area contributed by atoms with E-state index in [4.69, 9.17) is 4.74 Å². The summed E-state index contributed by atoms with van der Waals surface area (Å²) in [6.45, 7) is 7.77. The number of aryl methyl sites for hydroxylation is 1. The van der Waals surface area contributed by atoms with Crippen molar-refractivity contribution in [3.8, 4) is 5.75 Å². The smallest absolute Gasteiger partial charge is 0.244 e. The number of methoxy groups -OCH3 is 1. The Morgan fingerprint density at radius 3 is 2.39 bits per heavy atom. The third kappa shape index (κ3) is 6.43. The highest BCUT2D eigenvalue weighted by Gasteiger charge is 2.25. The maximum Gasteiger partial charge on any atom is 0.244 e. The molecule has 0 radical (unpaired) electrons. The van der Waals surface area contributed by atoms with Gasteiger partial charge in [0.1, 0.15) is 11.8 Å². The van der Waals surface area contributed by atoms with E-state index in [0.717, 1.165) is 30.9 Å². The van der Waals surface area contributed by atoms with Crippen LogP contribution in [0.5, 0.6) is 5.75 Å². The lowest BCUT2D eigenvalue weighted by molar-refractivity contribution is -0.136.